The molecule has 0 saturated carbocycles. The van der Waals surface area contributed by atoms with Crippen LogP contribution < -0.4 is 9.47 Å². The molecule has 1 amide bonds. The number of nitrogens with zero attached hydrogens (tertiary/aromatic N) is 4. The molecule has 1 fully saturated rings. The summed E-state index contributed by atoms with van der Waals surface area (Å²) in [5.41, 5.74) is 1.83. The van der Waals surface area contributed by atoms with Crippen LogP contribution >= 0.6 is 0 Å². The maximum Gasteiger partial charge on any atom is 0.243 e. The fourth-order valence-electron chi connectivity index (χ4n) is 3.99. The number of piperazine rings is 1. The van der Waals surface area contributed by atoms with Gasteiger partial charge in [0, 0.05) is 44.6 Å². The lowest BCUT2D eigenvalue weighted by Gasteiger charge is -2.34. The van der Waals surface area contributed by atoms with Crippen molar-refractivity contribution in [1.29, 1.82) is 0 Å². The molecule has 2 aliphatic rings. The number of hydrogen-bond donors (Lipinski definition) is 0. The number of rotatable bonds is 5. The van der Waals surface area contributed by atoms with Crippen LogP contribution in [0.3, 0.4) is 0 Å². The van der Waals surface area contributed by atoms with Crippen molar-refractivity contribution in [2.24, 2.45) is 0 Å². The molecule has 2 aromatic carbocycles. The van der Waals surface area contributed by atoms with Crippen LogP contribution in [0.2, 0.25) is 0 Å². The van der Waals surface area contributed by atoms with Gasteiger partial charge in [0.2, 0.25) is 15.9 Å². The van der Waals surface area contributed by atoms with E-state index in [4.69, 9.17) is 9.47 Å². The van der Waals surface area contributed by atoms with E-state index in [1.54, 1.807) is 21.8 Å². The molecule has 0 bridgehead atoms. The maximum atomic E-state index is 13.1. The topological polar surface area (TPSA) is 94.0 Å². The Morgan fingerprint density at radius 2 is 1.67 bits per heavy atom. The van der Waals surface area contributed by atoms with Gasteiger partial charge in [0.15, 0.2) is 11.5 Å². The number of sulfonamides is 1. The molecular formula is C23H24N4O5S. The van der Waals surface area contributed by atoms with Crippen molar-refractivity contribution in [1.82, 2.24) is 19.0 Å². The molecule has 5 rings (SSSR count). The average Bonchev–Trinajstić information content (AvgIpc) is 3.39. The van der Waals surface area contributed by atoms with Crippen LogP contribution in [0.1, 0.15) is 5.56 Å². The van der Waals surface area contributed by atoms with E-state index < -0.39 is 10.0 Å². The molecule has 0 unspecified atom stereocenters. The van der Waals surface area contributed by atoms with Gasteiger partial charge in [-0.05, 0) is 35.9 Å². The summed E-state index contributed by atoms with van der Waals surface area (Å²) >= 11 is 0. The first-order chi connectivity index (χ1) is 16.0. The molecule has 33 heavy (non-hydrogen) atoms. The molecule has 2 aliphatic heterocycles. The molecule has 0 atom stereocenters. The van der Waals surface area contributed by atoms with Crippen LogP contribution in [0.15, 0.2) is 65.8 Å². The van der Waals surface area contributed by atoms with Gasteiger partial charge in [-0.1, -0.05) is 12.1 Å². The first-order valence-corrected chi connectivity index (χ1v) is 12.2. The lowest BCUT2D eigenvalue weighted by Crippen LogP contribution is -2.50. The quantitative estimate of drug-likeness (QED) is 0.566. The van der Waals surface area contributed by atoms with Gasteiger partial charge in [0.25, 0.3) is 0 Å². The first-order valence-electron chi connectivity index (χ1n) is 10.8. The molecular weight excluding hydrogens is 444 g/mol. The monoisotopic (exact) mass is 468 g/mol. The summed E-state index contributed by atoms with van der Waals surface area (Å²) in [6.45, 7) is 2.05. The molecule has 9 nitrogen and oxygen atoms in total. The first kappa shape index (κ1) is 21.5. The molecule has 0 N–H and O–H groups in total. The Labute approximate surface area is 192 Å². The number of benzene rings is 2. The summed E-state index contributed by atoms with van der Waals surface area (Å²) in [6.07, 6.45) is 3.85. The SMILES string of the molecule is O=C(Cc1ccc(-n2cccn2)cc1)N1CCN(S(=O)(=O)c2ccc3c(c2)OCCO3)CC1. The highest BCUT2D eigenvalue weighted by Crippen LogP contribution is 2.33. The fourth-order valence-corrected chi connectivity index (χ4v) is 5.42. The van der Waals surface area contributed by atoms with Crippen molar-refractivity contribution in [2.75, 3.05) is 39.4 Å². The second-order valence-electron chi connectivity index (χ2n) is 7.88. The molecule has 0 aliphatic carbocycles. The molecule has 172 valence electrons. The zero-order valence-corrected chi connectivity index (χ0v) is 18.8. The van der Waals surface area contributed by atoms with E-state index in [2.05, 4.69) is 5.10 Å². The molecule has 3 heterocycles. The van der Waals surface area contributed by atoms with Crippen LogP contribution in [0.4, 0.5) is 0 Å². The summed E-state index contributed by atoms with van der Waals surface area (Å²) in [5, 5.41) is 4.19. The van der Waals surface area contributed by atoms with E-state index in [1.165, 1.54) is 16.4 Å². The summed E-state index contributed by atoms with van der Waals surface area (Å²) < 4.78 is 40.3. The maximum absolute atomic E-state index is 13.1. The summed E-state index contributed by atoms with van der Waals surface area (Å²) in [6, 6.07) is 14.2. The van der Waals surface area contributed by atoms with Crippen LogP contribution in [0.25, 0.3) is 5.69 Å². The lowest BCUT2D eigenvalue weighted by atomic mass is 10.1. The van der Waals surface area contributed by atoms with Gasteiger partial charge in [0.1, 0.15) is 13.2 Å². The Morgan fingerprint density at radius 3 is 2.36 bits per heavy atom. The summed E-state index contributed by atoms with van der Waals surface area (Å²) in [5.74, 6) is 0.973. The molecule has 3 aromatic rings. The number of fused-ring (bicyclic) bond motifs is 1. The van der Waals surface area contributed by atoms with E-state index in [0.29, 0.717) is 37.8 Å². The normalized spacial score (nSPS) is 16.5. The van der Waals surface area contributed by atoms with Crippen molar-refractivity contribution >= 4 is 15.9 Å². The van der Waals surface area contributed by atoms with Crippen LogP contribution in [0.5, 0.6) is 11.5 Å². The fraction of sp³-hybridized carbons (Fsp3) is 0.304. The Balaban J connectivity index is 1.19. The highest BCUT2D eigenvalue weighted by atomic mass is 32.2. The Hall–Kier alpha value is -3.37. The van der Waals surface area contributed by atoms with Gasteiger partial charge in [-0.2, -0.15) is 9.40 Å². The van der Waals surface area contributed by atoms with Crippen molar-refractivity contribution in [3.63, 3.8) is 0 Å². The van der Waals surface area contributed by atoms with Crippen molar-refractivity contribution in [3.05, 3.63) is 66.5 Å². The number of hydrogen-bond acceptors (Lipinski definition) is 6. The number of amides is 1. The van der Waals surface area contributed by atoms with Crippen molar-refractivity contribution in [3.8, 4) is 17.2 Å². The van der Waals surface area contributed by atoms with E-state index in [9.17, 15) is 13.2 Å². The van der Waals surface area contributed by atoms with Gasteiger partial charge in [-0.3, -0.25) is 4.79 Å². The molecule has 1 saturated heterocycles. The minimum Gasteiger partial charge on any atom is -0.486 e. The highest BCUT2D eigenvalue weighted by molar-refractivity contribution is 7.89. The third kappa shape index (κ3) is 4.44. The third-order valence-corrected chi connectivity index (χ3v) is 7.70. The predicted octanol–water partition coefficient (Wildman–Crippen LogP) is 1.72. The highest BCUT2D eigenvalue weighted by Gasteiger charge is 2.31. The predicted molar refractivity (Wildman–Crippen MR) is 120 cm³/mol. The van der Waals surface area contributed by atoms with Crippen molar-refractivity contribution in [2.45, 2.75) is 11.3 Å². The van der Waals surface area contributed by atoms with Crippen LogP contribution in [0, 0.1) is 0 Å². The van der Waals surface area contributed by atoms with Gasteiger partial charge in [-0.15, -0.1) is 0 Å². The van der Waals surface area contributed by atoms with Gasteiger partial charge in [-0.25, -0.2) is 13.1 Å². The Bertz CT molecular complexity index is 1230. The van der Waals surface area contributed by atoms with E-state index in [1.807, 2.05) is 36.5 Å². The van der Waals surface area contributed by atoms with E-state index >= 15 is 0 Å². The standard InChI is InChI=1S/C23H24N4O5S/c28-23(16-18-2-4-19(5-3-18)27-9-1-8-24-27)25-10-12-26(13-11-25)33(29,30)20-6-7-21-22(17-20)32-15-14-31-21/h1-9,17H,10-16H2. The number of carbonyl (C=O) groups is 1. The molecule has 0 radical (unpaired) electrons. The van der Waals surface area contributed by atoms with Crippen molar-refractivity contribution < 1.29 is 22.7 Å². The average molecular weight is 469 g/mol. The summed E-state index contributed by atoms with van der Waals surface area (Å²) in [4.78, 5) is 14.7. The van der Waals surface area contributed by atoms with E-state index in [0.717, 1.165) is 11.3 Å². The zero-order chi connectivity index (χ0) is 22.8. The summed E-state index contributed by atoms with van der Waals surface area (Å²) in [7, 11) is -3.68. The van der Waals surface area contributed by atoms with Gasteiger partial charge < -0.3 is 14.4 Å². The Morgan fingerprint density at radius 1 is 0.939 bits per heavy atom. The largest absolute Gasteiger partial charge is 0.486 e. The van der Waals surface area contributed by atoms with E-state index in [-0.39, 0.29) is 30.3 Å². The van der Waals surface area contributed by atoms with Gasteiger partial charge >= 0.3 is 0 Å². The number of ether oxygens (including phenoxy) is 2. The zero-order valence-electron chi connectivity index (χ0n) is 18.0. The Kier molecular flexibility index (Phi) is 5.77. The second kappa shape index (κ2) is 8.87. The number of carbonyl (C=O) groups excluding carboxylic acids is 1. The minimum absolute atomic E-state index is 0.0155. The number of aromatic nitrogens is 2. The minimum atomic E-state index is -3.68. The smallest absolute Gasteiger partial charge is 0.243 e. The van der Waals surface area contributed by atoms with Crippen LogP contribution in [-0.4, -0.2) is 72.7 Å². The van der Waals surface area contributed by atoms with Gasteiger partial charge in [0.05, 0.1) is 17.0 Å². The van der Waals surface area contributed by atoms with Crippen LogP contribution in [-0.2, 0) is 21.2 Å². The lowest BCUT2D eigenvalue weighted by molar-refractivity contribution is -0.131. The third-order valence-electron chi connectivity index (χ3n) is 5.80. The molecule has 0 spiro atoms. The second-order valence-corrected chi connectivity index (χ2v) is 9.82. The molecule has 1 aromatic heterocycles. The molecule has 10 heteroatoms.